The Morgan fingerprint density at radius 1 is 0.824 bits per heavy atom. The molecule has 0 unspecified atom stereocenters. The molecule has 2 aromatic carbocycles. The Hall–Kier alpha value is -3.99. The van der Waals surface area contributed by atoms with Gasteiger partial charge in [-0.1, -0.05) is 0 Å². The SMILES string of the molecule is COc1ccc(NC(=O)CCC(=O)Nc2ccc(S(=O)(=O)Nc3nc(C)cc(C)n3)cc2)cc1. The van der Waals surface area contributed by atoms with Crippen molar-refractivity contribution in [1.82, 2.24) is 9.97 Å². The number of hydrogen-bond acceptors (Lipinski definition) is 7. The highest BCUT2D eigenvalue weighted by Gasteiger charge is 2.16. The van der Waals surface area contributed by atoms with Crippen molar-refractivity contribution in [2.45, 2.75) is 31.6 Å². The van der Waals surface area contributed by atoms with Crippen LogP contribution in [0.4, 0.5) is 17.3 Å². The van der Waals surface area contributed by atoms with Gasteiger partial charge in [0.15, 0.2) is 0 Å². The minimum atomic E-state index is -3.90. The van der Waals surface area contributed by atoms with Crippen LogP contribution in [0.3, 0.4) is 0 Å². The highest BCUT2D eigenvalue weighted by molar-refractivity contribution is 7.92. The molecule has 0 saturated heterocycles. The number of sulfonamides is 1. The van der Waals surface area contributed by atoms with Crippen molar-refractivity contribution in [2.24, 2.45) is 0 Å². The number of nitrogens with zero attached hydrogens (tertiary/aromatic N) is 2. The van der Waals surface area contributed by atoms with Crippen molar-refractivity contribution in [3.63, 3.8) is 0 Å². The van der Waals surface area contributed by atoms with E-state index < -0.39 is 10.0 Å². The van der Waals surface area contributed by atoms with Gasteiger partial charge < -0.3 is 15.4 Å². The number of nitrogens with one attached hydrogen (secondary N) is 3. The molecule has 1 aromatic heterocycles. The summed E-state index contributed by atoms with van der Waals surface area (Å²) in [6, 6.07) is 14.2. The zero-order chi connectivity index (χ0) is 24.7. The first-order chi connectivity index (χ1) is 16.1. The molecule has 1 heterocycles. The van der Waals surface area contributed by atoms with E-state index in [9.17, 15) is 18.0 Å². The van der Waals surface area contributed by atoms with E-state index in [0.29, 0.717) is 28.5 Å². The summed E-state index contributed by atoms with van der Waals surface area (Å²) in [6.45, 7) is 3.49. The fourth-order valence-electron chi connectivity index (χ4n) is 3.02. The van der Waals surface area contributed by atoms with Crippen LogP contribution in [0.25, 0.3) is 0 Å². The van der Waals surface area contributed by atoms with E-state index in [2.05, 4.69) is 25.3 Å². The number of hydrogen-bond donors (Lipinski definition) is 3. The second kappa shape index (κ2) is 10.8. The number of aromatic nitrogens is 2. The topological polar surface area (TPSA) is 139 Å². The minimum absolute atomic E-state index is 0.00729. The fourth-order valence-corrected chi connectivity index (χ4v) is 3.96. The Morgan fingerprint density at radius 3 is 1.76 bits per heavy atom. The van der Waals surface area contributed by atoms with E-state index >= 15 is 0 Å². The lowest BCUT2D eigenvalue weighted by molar-refractivity contribution is -0.121. The van der Waals surface area contributed by atoms with Crippen LogP contribution in [0.2, 0.25) is 0 Å². The first kappa shape index (κ1) is 24.6. The van der Waals surface area contributed by atoms with Gasteiger partial charge in [-0.15, -0.1) is 0 Å². The number of methoxy groups -OCH3 is 1. The zero-order valence-electron chi connectivity index (χ0n) is 19.0. The molecule has 3 aromatic rings. The summed E-state index contributed by atoms with van der Waals surface area (Å²) in [5.41, 5.74) is 2.28. The summed E-state index contributed by atoms with van der Waals surface area (Å²) in [7, 11) is -2.34. The number of rotatable bonds is 9. The van der Waals surface area contributed by atoms with E-state index in [-0.39, 0.29) is 35.5 Å². The van der Waals surface area contributed by atoms with Crippen LogP contribution in [0, 0.1) is 13.8 Å². The number of amides is 2. The van der Waals surface area contributed by atoms with Crippen LogP contribution >= 0.6 is 0 Å². The Labute approximate surface area is 197 Å². The third-order valence-corrected chi connectivity index (χ3v) is 5.95. The standard InChI is InChI=1S/C23H25N5O5S/c1-15-14-16(2)25-23(24-15)28-34(31,32)20-10-6-18(7-11-20)27-22(30)13-12-21(29)26-17-4-8-19(33-3)9-5-17/h4-11,14H,12-13H2,1-3H3,(H,26,29)(H,27,30)(H,24,25,28). The van der Waals surface area contributed by atoms with Gasteiger partial charge in [0.05, 0.1) is 12.0 Å². The van der Waals surface area contributed by atoms with E-state index in [1.165, 1.54) is 24.3 Å². The molecule has 0 aliphatic rings. The van der Waals surface area contributed by atoms with Crippen LogP contribution in [0.1, 0.15) is 24.2 Å². The molecule has 0 fully saturated rings. The normalized spacial score (nSPS) is 10.9. The third kappa shape index (κ3) is 7.01. The summed E-state index contributed by atoms with van der Waals surface area (Å²) in [6.07, 6.45) is -0.0439. The van der Waals surface area contributed by atoms with Crippen molar-refractivity contribution in [2.75, 3.05) is 22.5 Å². The molecular formula is C23H25N5O5S. The van der Waals surface area contributed by atoms with Crippen LogP contribution < -0.4 is 20.1 Å². The van der Waals surface area contributed by atoms with Crippen molar-refractivity contribution < 1.29 is 22.7 Å². The summed E-state index contributed by atoms with van der Waals surface area (Å²) < 4.78 is 32.6. The van der Waals surface area contributed by atoms with Crippen LogP contribution in [-0.2, 0) is 19.6 Å². The Bertz CT molecular complexity index is 1260. The van der Waals surface area contributed by atoms with Crippen molar-refractivity contribution in [3.05, 3.63) is 66.0 Å². The smallest absolute Gasteiger partial charge is 0.264 e. The summed E-state index contributed by atoms with van der Waals surface area (Å²) in [5.74, 6) is -0.0166. The lowest BCUT2D eigenvalue weighted by Crippen LogP contribution is -2.18. The van der Waals surface area contributed by atoms with Gasteiger partial charge in [0, 0.05) is 35.6 Å². The summed E-state index contributed by atoms with van der Waals surface area (Å²) in [5, 5.41) is 5.35. The highest BCUT2D eigenvalue weighted by Crippen LogP contribution is 2.18. The van der Waals surface area contributed by atoms with Gasteiger partial charge in [-0.3, -0.25) is 9.59 Å². The second-order valence-corrected chi connectivity index (χ2v) is 9.11. The summed E-state index contributed by atoms with van der Waals surface area (Å²) >= 11 is 0. The number of ether oxygens (including phenoxy) is 1. The highest BCUT2D eigenvalue weighted by atomic mass is 32.2. The van der Waals surface area contributed by atoms with Gasteiger partial charge >= 0.3 is 0 Å². The molecule has 2 amide bonds. The number of carbonyl (C=O) groups is 2. The lowest BCUT2D eigenvalue weighted by Gasteiger charge is -2.10. The maximum atomic E-state index is 12.6. The van der Waals surface area contributed by atoms with E-state index in [1.807, 2.05) is 0 Å². The van der Waals surface area contributed by atoms with Crippen molar-refractivity contribution in [1.29, 1.82) is 0 Å². The lowest BCUT2D eigenvalue weighted by atomic mass is 10.2. The Morgan fingerprint density at radius 2 is 1.29 bits per heavy atom. The predicted molar refractivity (Wildman–Crippen MR) is 128 cm³/mol. The Kier molecular flexibility index (Phi) is 7.79. The van der Waals surface area contributed by atoms with Gasteiger partial charge in [-0.05, 0) is 68.4 Å². The molecule has 0 aliphatic heterocycles. The second-order valence-electron chi connectivity index (χ2n) is 7.43. The van der Waals surface area contributed by atoms with Crippen LogP contribution in [-0.4, -0.2) is 37.3 Å². The molecule has 34 heavy (non-hydrogen) atoms. The monoisotopic (exact) mass is 483 g/mol. The molecule has 0 bridgehead atoms. The third-order valence-electron chi connectivity index (χ3n) is 4.61. The van der Waals surface area contributed by atoms with Gasteiger partial charge in [-0.25, -0.2) is 23.1 Å². The molecule has 3 rings (SSSR count). The average Bonchev–Trinajstić information content (AvgIpc) is 2.77. The summed E-state index contributed by atoms with van der Waals surface area (Å²) in [4.78, 5) is 32.4. The molecule has 0 spiro atoms. The van der Waals surface area contributed by atoms with Crippen LogP contribution in [0.15, 0.2) is 59.5 Å². The van der Waals surface area contributed by atoms with Gasteiger partial charge in [0.2, 0.25) is 17.8 Å². The molecule has 178 valence electrons. The molecule has 11 heteroatoms. The molecule has 10 nitrogen and oxygen atoms in total. The number of benzene rings is 2. The first-order valence-corrected chi connectivity index (χ1v) is 11.8. The average molecular weight is 484 g/mol. The fraction of sp³-hybridized carbons (Fsp3) is 0.217. The number of aryl methyl sites for hydroxylation is 2. The number of carbonyl (C=O) groups excluding carboxylic acids is 2. The maximum Gasteiger partial charge on any atom is 0.264 e. The molecule has 0 aliphatic carbocycles. The predicted octanol–water partition coefficient (Wildman–Crippen LogP) is 3.26. The molecule has 0 atom stereocenters. The maximum absolute atomic E-state index is 12.6. The van der Waals surface area contributed by atoms with Crippen molar-refractivity contribution >= 4 is 39.2 Å². The quantitative estimate of drug-likeness (QED) is 0.424. The molecular weight excluding hydrogens is 458 g/mol. The van der Waals surface area contributed by atoms with Crippen LogP contribution in [0.5, 0.6) is 5.75 Å². The number of anilines is 3. The minimum Gasteiger partial charge on any atom is -0.497 e. The van der Waals surface area contributed by atoms with E-state index in [0.717, 1.165) is 0 Å². The largest absolute Gasteiger partial charge is 0.497 e. The molecule has 0 radical (unpaired) electrons. The first-order valence-electron chi connectivity index (χ1n) is 10.3. The molecule has 0 saturated carbocycles. The molecule has 3 N–H and O–H groups in total. The van der Waals surface area contributed by atoms with E-state index in [4.69, 9.17) is 4.74 Å². The van der Waals surface area contributed by atoms with Gasteiger partial charge in [0.25, 0.3) is 10.0 Å². The van der Waals surface area contributed by atoms with Gasteiger partial charge in [-0.2, -0.15) is 0 Å². The van der Waals surface area contributed by atoms with Gasteiger partial charge in [0.1, 0.15) is 5.75 Å². The van der Waals surface area contributed by atoms with E-state index in [1.54, 1.807) is 51.3 Å². The Balaban J connectivity index is 1.52. The zero-order valence-corrected chi connectivity index (χ0v) is 19.8. The van der Waals surface area contributed by atoms with Crippen molar-refractivity contribution in [3.8, 4) is 5.75 Å².